The van der Waals surface area contributed by atoms with E-state index in [1.165, 1.54) is 0 Å². The zero-order valence-electron chi connectivity index (χ0n) is 21.3. The first kappa shape index (κ1) is 56.7. The highest BCUT2D eigenvalue weighted by molar-refractivity contribution is 5.85. The highest BCUT2D eigenvalue weighted by Gasteiger charge is 2.38. The van der Waals surface area contributed by atoms with Gasteiger partial charge in [0.15, 0.2) is 19.8 Å². The van der Waals surface area contributed by atoms with E-state index < -0.39 is 112 Å². The number of hydrogen-bond acceptors (Lipinski definition) is 15. The van der Waals surface area contributed by atoms with Crippen LogP contribution in [0.4, 0.5) is 0 Å². The molecule has 268 valence electrons. The summed E-state index contributed by atoms with van der Waals surface area (Å²) >= 11 is 0. The Labute approximate surface area is 271 Å². The zero-order valence-corrected chi connectivity index (χ0v) is 21.3. The summed E-state index contributed by atoms with van der Waals surface area (Å²) in [5, 5.41) is 8.74. The number of aliphatic carboxylic acids is 1. The number of carbonyl (C=O) groups is 8. The van der Waals surface area contributed by atoms with Gasteiger partial charge in [-0.15, -0.1) is 0 Å². The second-order valence-electron chi connectivity index (χ2n) is 7.47. The fourth-order valence-corrected chi connectivity index (χ4v) is 2.16. The molecule has 16 nitrogen and oxygen atoms in total. The Bertz CT molecular complexity index is 901. The van der Waals surface area contributed by atoms with E-state index in [4.69, 9.17) is 24.1 Å². The lowest BCUT2D eigenvalue weighted by Crippen LogP contribution is -2.44. The van der Waals surface area contributed by atoms with Crippen LogP contribution < -0.4 is 0 Å². The maximum atomic E-state index is 12.1. The molecule has 16 heteroatoms. The van der Waals surface area contributed by atoms with Crippen molar-refractivity contribution >= 4 is 47.8 Å². The average Bonchev–Trinajstić information content (AvgIpc) is 2.94. The van der Waals surface area contributed by atoms with Crippen LogP contribution in [-0.4, -0.2) is 99.1 Å². The van der Waals surface area contributed by atoms with E-state index in [0.717, 1.165) is 18.2 Å². The minimum atomic E-state index is -1.83. The molecule has 46 heavy (non-hydrogen) atoms. The summed E-state index contributed by atoms with van der Waals surface area (Å²) in [6, 6.07) is 0. The molecule has 0 fully saturated rings. The van der Waals surface area contributed by atoms with Gasteiger partial charge in [-0.05, 0) is 0 Å². The number of ether oxygens (including phenoxy) is 7. The molecule has 0 unspecified atom stereocenters. The lowest BCUT2D eigenvalue weighted by Gasteiger charge is -2.31. The van der Waals surface area contributed by atoms with Gasteiger partial charge in [0.1, 0.15) is 31.8 Å². The van der Waals surface area contributed by atoms with Gasteiger partial charge in [0.05, 0.1) is 12.8 Å². The molecular formula is C30H52O16. The smallest absolute Gasteiger partial charge is 0.344 e. The van der Waals surface area contributed by atoms with Crippen molar-refractivity contribution in [3.05, 3.63) is 38.0 Å². The Hall–Kier alpha value is -5.02. The second kappa shape index (κ2) is 31.4. The van der Waals surface area contributed by atoms with Gasteiger partial charge in [0, 0.05) is 18.2 Å². The van der Waals surface area contributed by atoms with Crippen LogP contribution in [0.3, 0.4) is 0 Å². The molecule has 0 spiro atoms. The number of hydrogen-bond donors (Lipinski definition) is 1. The van der Waals surface area contributed by atoms with Gasteiger partial charge in [0.2, 0.25) is 0 Å². The summed E-state index contributed by atoms with van der Waals surface area (Å²) < 4.78 is 33.7. The first-order valence-corrected chi connectivity index (χ1v) is 11.1. The normalized spacial score (nSPS) is 8.78. The lowest BCUT2D eigenvalue weighted by molar-refractivity contribution is -0.178. The molecule has 0 saturated heterocycles. The van der Waals surface area contributed by atoms with Crippen molar-refractivity contribution in [3.63, 3.8) is 0 Å². The fraction of sp³-hybridized carbons (Fsp3) is 0.533. The van der Waals surface area contributed by atoms with Crippen molar-refractivity contribution in [3.8, 4) is 0 Å². The summed E-state index contributed by atoms with van der Waals surface area (Å²) in [5.41, 5.74) is -1.83. The van der Waals surface area contributed by atoms with Crippen molar-refractivity contribution in [2.75, 3.05) is 46.2 Å². The van der Waals surface area contributed by atoms with Crippen LogP contribution >= 0.6 is 0 Å². The molecule has 0 aliphatic rings. The van der Waals surface area contributed by atoms with E-state index in [2.05, 4.69) is 33.9 Å². The quantitative estimate of drug-likeness (QED) is 0.112. The van der Waals surface area contributed by atoms with Crippen LogP contribution in [-0.2, 0) is 71.5 Å². The predicted molar refractivity (Wildman–Crippen MR) is 167 cm³/mol. The largest absolute Gasteiger partial charge is 0.481 e. The molecule has 0 saturated carbocycles. The molecule has 0 atom stereocenters. The first-order chi connectivity index (χ1) is 18.9. The Morgan fingerprint density at radius 1 is 0.457 bits per heavy atom. The molecule has 0 aliphatic carbocycles. The van der Waals surface area contributed by atoms with Gasteiger partial charge in [-0.25, -0.2) is 28.8 Å². The third-order valence-electron chi connectivity index (χ3n) is 4.20. The highest BCUT2D eigenvalue weighted by atomic mass is 16.6. The zero-order chi connectivity index (χ0) is 30.6. The molecule has 0 rings (SSSR count). The molecule has 0 radical (unpaired) electrons. The van der Waals surface area contributed by atoms with E-state index >= 15 is 0 Å². The van der Waals surface area contributed by atoms with Gasteiger partial charge >= 0.3 is 47.8 Å². The van der Waals surface area contributed by atoms with E-state index in [0.29, 0.717) is 0 Å². The SMILES string of the molecule is C.C.C.C.C.C.C=CC(=O)OCC(=O)OCC(COC(=O)CCC(=O)O)(COC(=O)COC(=O)C=C)COC(=O)COC(=O)C=C. The molecule has 1 N–H and O–H groups in total. The Morgan fingerprint density at radius 3 is 0.957 bits per heavy atom. The Morgan fingerprint density at radius 2 is 0.717 bits per heavy atom. The first-order valence-electron chi connectivity index (χ1n) is 11.1. The lowest BCUT2D eigenvalue weighted by atomic mass is 9.92. The summed E-state index contributed by atoms with van der Waals surface area (Å²) in [7, 11) is 0. The number of carbonyl (C=O) groups excluding carboxylic acids is 7. The topological polar surface area (TPSA) is 221 Å². The molecule has 0 aromatic carbocycles. The maximum Gasteiger partial charge on any atom is 0.344 e. The van der Waals surface area contributed by atoms with Crippen LogP contribution in [0.15, 0.2) is 38.0 Å². The molecular weight excluding hydrogens is 616 g/mol. The van der Waals surface area contributed by atoms with Crippen LogP contribution in [0.1, 0.15) is 57.4 Å². The summed E-state index contributed by atoms with van der Waals surface area (Å²) in [6.45, 7) is 3.77. The highest BCUT2D eigenvalue weighted by Crippen LogP contribution is 2.22. The van der Waals surface area contributed by atoms with Crippen LogP contribution in [0.2, 0.25) is 0 Å². The van der Waals surface area contributed by atoms with E-state index in [9.17, 15) is 38.4 Å². The number of carboxylic acid groups (broad SMARTS) is 1. The standard InChI is InChI=1S/C24H28O16.6CH4/c1-4-17(27)34-9-21(31)38-13-24(12-37-20(30)8-7-16(25)26,14-39-22(32)10-35-18(28)5-2)15-40-23(33)11-36-19(29)6-3;;;;;;/h4-6H,1-3,7-15H2,(H,25,26);6*1H4. The maximum absolute atomic E-state index is 12.1. The van der Waals surface area contributed by atoms with Gasteiger partial charge in [-0.2, -0.15) is 0 Å². The van der Waals surface area contributed by atoms with Crippen molar-refractivity contribution in [2.45, 2.75) is 57.4 Å². The molecule has 0 heterocycles. The third kappa shape index (κ3) is 27.8. The van der Waals surface area contributed by atoms with Crippen molar-refractivity contribution < 1.29 is 76.6 Å². The summed E-state index contributed by atoms with van der Waals surface area (Å²) in [5.74, 6) is -8.49. The van der Waals surface area contributed by atoms with Gasteiger partial charge in [0.25, 0.3) is 0 Å². The molecule has 0 aromatic rings. The van der Waals surface area contributed by atoms with Crippen molar-refractivity contribution in [2.24, 2.45) is 5.41 Å². The van der Waals surface area contributed by atoms with Crippen molar-refractivity contribution in [1.82, 2.24) is 0 Å². The number of esters is 7. The molecule has 0 aliphatic heterocycles. The predicted octanol–water partition coefficient (Wildman–Crippen LogP) is 3.01. The Kier molecular flexibility index (Phi) is 38.7. The summed E-state index contributed by atoms with van der Waals surface area (Å²) in [4.78, 5) is 92.5. The van der Waals surface area contributed by atoms with Crippen LogP contribution in [0, 0.1) is 5.41 Å². The van der Waals surface area contributed by atoms with Gasteiger partial charge < -0.3 is 38.3 Å². The number of rotatable bonds is 20. The molecule has 0 amide bonds. The monoisotopic (exact) mass is 668 g/mol. The minimum Gasteiger partial charge on any atom is -0.481 e. The Balaban J connectivity index is -0.000000507. The minimum absolute atomic E-state index is 0. The summed E-state index contributed by atoms with van der Waals surface area (Å²) in [6.07, 6.45) is 1.21. The molecule has 0 aromatic heterocycles. The number of carboxylic acids is 1. The van der Waals surface area contributed by atoms with Crippen molar-refractivity contribution in [1.29, 1.82) is 0 Å². The van der Waals surface area contributed by atoms with E-state index in [1.54, 1.807) is 0 Å². The average molecular weight is 669 g/mol. The van der Waals surface area contributed by atoms with Gasteiger partial charge in [-0.3, -0.25) is 9.59 Å². The van der Waals surface area contributed by atoms with Gasteiger partial charge in [-0.1, -0.05) is 64.3 Å². The second-order valence-corrected chi connectivity index (χ2v) is 7.47. The fourth-order valence-electron chi connectivity index (χ4n) is 2.16. The van der Waals surface area contributed by atoms with E-state index in [1.807, 2.05) is 0 Å². The van der Waals surface area contributed by atoms with Crippen LogP contribution in [0.25, 0.3) is 0 Å². The molecule has 0 bridgehead atoms. The third-order valence-corrected chi connectivity index (χ3v) is 4.20. The van der Waals surface area contributed by atoms with Crippen LogP contribution in [0.5, 0.6) is 0 Å². The van der Waals surface area contributed by atoms with E-state index in [-0.39, 0.29) is 44.6 Å².